The highest BCUT2D eigenvalue weighted by atomic mass is 16.3. The summed E-state index contributed by atoms with van der Waals surface area (Å²) in [7, 11) is 0. The van der Waals surface area contributed by atoms with Gasteiger partial charge in [0.1, 0.15) is 5.52 Å². The van der Waals surface area contributed by atoms with Gasteiger partial charge in [-0.05, 0) is 36.2 Å². The number of nitrogen functional groups attached to an aromatic ring is 1. The first-order chi connectivity index (χ1) is 9.72. The Bertz CT molecular complexity index is 733. The fourth-order valence-corrected chi connectivity index (χ4v) is 2.24. The standard InChI is InChI=1S/C16H17N3O/c1-11-19-15-10-12(6-7-16(15)20-11)8-9-18-14-5-3-2-4-13(14)17/h2-7,10,18H,8-9,17H2,1H3. The number of hydrogen-bond acceptors (Lipinski definition) is 4. The summed E-state index contributed by atoms with van der Waals surface area (Å²) < 4.78 is 5.47. The molecule has 0 bridgehead atoms. The Morgan fingerprint density at radius 3 is 2.90 bits per heavy atom. The Labute approximate surface area is 117 Å². The highest BCUT2D eigenvalue weighted by Crippen LogP contribution is 2.19. The maximum absolute atomic E-state index is 5.89. The van der Waals surface area contributed by atoms with Crippen LogP contribution in [0.5, 0.6) is 0 Å². The van der Waals surface area contributed by atoms with Crippen molar-refractivity contribution in [3.05, 3.63) is 53.9 Å². The molecule has 0 saturated carbocycles. The van der Waals surface area contributed by atoms with Gasteiger partial charge in [0.2, 0.25) is 0 Å². The number of fused-ring (bicyclic) bond motifs is 1. The number of aryl methyl sites for hydroxylation is 1. The number of hydrogen-bond donors (Lipinski definition) is 2. The summed E-state index contributed by atoms with van der Waals surface area (Å²) >= 11 is 0. The lowest BCUT2D eigenvalue weighted by Gasteiger charge is -2.08. The lowest BCUT2D eigenvalue weighted by Crippen LogP contribution is -2.06. The van der Waals surface area contributed by atoms with Gasteiger partial charge in [-0.1, -0.05) is 18.2 Å². The monoisotopic (exact) mass is 267 g/mol. The van der Waals surface area contributed by atoms with E-state index in [4.69, 9.17) is 10.2 Å². The second-order valence-corrected chi connectivity index (χ2v) is 4.80. The van der Waals surface area contributed by atoms with E-state index in [-0.39, 0.29) is 0 Å². The molecule has 1 aromatic heterocycles. The molecule has 4 heteroatoms. The van der Waals surface area contributed by atoms with Crippen LogP contribution in [-0.4, -0.2) is 11.5 Å². The highest BCUT2D eigenvalue weighted by molar-refractivity contribution is 5.73. The molecular formula is C16H17N3O. The average molecular weight is 267 g/mol. The van der Waals surface area contributed by atoms with Crippen LogP contribution in [0.4, 0.5) is 11.4 Å². The smallest absolute Gasteiger partial charge is 0.192 e. The molecule has 2 aromatic carbocycles. The van der Waals surface area contributed by atoms with Crippen molar-refractivity contribution < 1.29 is 4.42 Å². The topological polar surface area (TPSA) is 64.1 Å². The minimum atomic E-state index is 0.701. The average Bonchev–Trinajstić information content (AvgIpc) is 2.80. The molecule has 0 unspecified atom stereocenters. The summed E-state index contributed by atoms with van der Waals surface area (Å²) in [6.45, 7) is 2.69. The number of nitrogens with zero attached hydrogens (tertiary/aromatic N) is 1. The minimum absolute atomic E-state index is 0.701. The summed E-state index contributed by atoms with van der Waals surface area (Å²) in [6, 6.07) is 13.9. The van der Waals surface area contributed by atoms with Crippen LogP contribution in [0.2, 0.25) is 0 Å². The molecule has 102 valence electrons. The van der Waals surface area contributed by atoms with E-state index in [1.54, 1.807) is 0 Å². The van der Waals surface area contributed by atoms with E-state index >= 15 is 0 Å². The van der Waals surface area contributed by atoms with Crippen molar-refractivity contribution >= 4 is 22.5 Å². The van der Waals surface area contributed by atoms with Gasteiger partial charge in [0, 0.05) is 13.5 Å². The molecule has 0 amide bonds. The number of para-hydroxylation sites is 2. The molecule has 4 nitrogen and oxygen atoms in total. The van der Waals surface area contributed by atoms with Gasteiger partial charge in [0.05, 0.1) is 11.4 Å². The van der Waals surface area contributed by atoms with E-state index in [1.165, 1.54) is 5.56 Å². The minimum Gasteiger partial charge on any atom is -0.441 e. The lowest BCUT2D eigenvalue weighted by atomic mass is 10.1. The van der Waals surface area contributed by atoms with Gasteiger partial charge in [-0.25, -0.2) is 4.98 Å². The predicted octanol–water partition coefficient (Wildman–Crippen LogP) is 3.37. The summed E-state index contributed by atoms with van der Waals surface area (Å²) in [4.78, 5) is 4.35. The quantitative estimate of drug-likeness (QED) is 0.711. The van der Waals surface area contributed by atoms with Crippen LogP contribution >= 0.6 is 0 Å². The molecule has 3 aromatic rings. The molecule has 3 rings (SSSR count). The summed E-state index contributed by atoms with van der Waals surface area (Å²) in [6.07, 6.45) is 0.913. The fourth-order valence-electron chi connectivity index (χ4n) is 2.24. The zero-order chi connectivity index (χ0) is 13.9. The van der Waals surface area contributed by atoms with Gasteiger partial charge < -0.3 is 15.5 Å². The van der Waals surface area contributed by atoms with Crippen molar-refractivity contribution in [2.45, 2.75) is 13.3 Å². The molecule has 0 saturated heterocycles. The molecule has 0 atom stereocenters. The third kappa shape index (κ3) is 2.59. The van der Waals surface area contributed by atoms with E-state index in [2.05, 4.69) is 22.4 Å². The number of oxazole rings is 1. The van der Waals surface area contributed by atoms with Gasteiger partial charge >= 0.3 is 0 Å². The zero-order valence-electron chi connectivity index (χ0n) is 11.4. The van der Waals surface area contributed by atoms with Crippen molar-refractivity contribution in [1.29, 1.82) is 0 Å². The highest BCUT2D eigenvalue weighted by Gasteiger charge is 2.03. The molecular weight excluding hydrogens is 250 g/mol. The molecule has 3 N–H and O–H groups in total. The number of aromatic nitrogens is 1. The van der Waals surface area contributed by atoms with Gasteiger partial charge in [-0.2, -0.15) is 0 Å². The molecule has 1 heterocycles. The lowest BCUT2D eigenvalue weighted by molar-refractivity contribution is 0.561. The van der Waals surface area contributed by atoms with Gasteiger partial charge in [0.25, 0.3) is 0 Å². The van der Waals surface area contributed by atoms with Crippen LogP contribution in [-0.2, 0) is 6.42 Å². The van der Waals surface area contributed by atoms with Gasteiger partial charge in [-0.3, -0.25) is 0 Å². The Hall–Kier alpha value is -2.49. The second-order valence-electron chi connectivity index (χ2n) is 4.80. The predicted molar refractivity (Wildman–Crippen MR) is 81.8 cm³/mol. The first kappa shape index (κ1) is 12.5. The first-order valence-electron chi connectivity index (χ1n) is 6.67. The Morgan fingerprint density at radius 1 is 1.20 bits per heavy atom. The fraction of sp³-hybridized carbons (Fsp3) is 0.188. The molecule has 0 aliphatic rings. The van der Waals surface area contributed by atoms with Crippen molar-refractivity contribution in [2.75, 3.05) is 17.6 Å². The van der Waals surface area contributed by atoms with Gasteiger partial charge in [0.15, 0.2) is 11.5 Å². The Morgan fingerprint density at radius 2 is 2.05 bits per heavy atom. The number of nitrogens with one attached hydrogen (secondary N) is 1. The van der Waals surface area contributed by atoms with Crippen molar-refractivity contribution in [3.8, 4) is 0 Å². The maximum atomic E-state index is 5.89. The normalized spacial score (nSPS) is 10.8. The first-order valence-corrected chi connectivity index (χ1v) is 6.67. The van der Waals surface area contributed by atoms with E-state index in [1.807, 2.05) is 37.3 Å². The summed E-state index contributed by atoms with van der Waals surface area (Å²) in [5.74, 6) is 0.701. The number of nitrogens with two attached hydrogens (primary N) is 1. The SMILES string of the molecule is Cc1nc2cc(CCNc3ccccc3N)ccc2o1. The van der Waals surface area contributed by atoms with E-state index in [9.17, 15) is 0 Å². The largest absolute Gasteiger partial charge is 0.441 e. The van der Waals surface area contributed by atoms with Crippen LogP contribution in [0.1, 0.15) is 11.5 Å². The molecule has 0 aliphatic heterocycles. The third-order valence-corrected chi connectivity index (χ3v) is 3.25. The molecule has 0 spiro atoms. The molecule has 20 heavy (non-hydrogen) atoms. The molecule has 0 radical (unpaired) electrons. The Kier molecular flexibility index (Phi) is 3.29. The molecule has 0 fully saturated rings. The maximum Gasteiger partial charge on any atom is 0.192 e. The Balaban J connectivity index is 1.66. The third-order valence-electron chi connectivity index (χ3n) is 3.25. The second kappa shape index (κ2) is 5.25. The van der Waals surface area contributed by atoms with Crippen molar-refractivity contribution in [2.24, 2.45) is 0 Å². The number of benzene rings is 2. The van der Waals surface area contributed by atoms with Crippen LogP contribution < -0.4 is 11.1 Å². The number of rotatable bonds is 4. The van der Waals surface area contributed by atoms with E-state index in [0.717, 1.165) is 35.4 Å². The zero-order valence-corrected chi connectivity index (χ0v) is 11.4. The number of anilines is 2. The van der Waals surface area contributed by atoms with Gasteiger partial charge in [-0.15, -0.1) is 0 Å². The van der Waals surface area contributed by atoms with Crippen LogP contribution in [0.25, 0.3) is 11.1 Å². The van der Waals surface area contributed by atoms with Crippen LogP contribution in [0.3, 0.4) is 0 Å². The van der Waals surface area contributed by atoms with E-state index < -0.39 is 0 Å². The molecule has 0 aliphatic carbocycles. The summed E-state index contributed by atoms with van der Waals surface area (Å²) in [5, 5.41) is 3.35. The van der Waals surface area contributed by atoms with Crippen LogP contribution in [0.15, 0.2) is 46.9 Å². The van der Waals surface area contributed by atoms with E-state index in [0.29, 0.717) is 5.89 Å². The van der Waals surface area contributed by atoms with Crippen LogP contribution in [0, 0.1) is 6.92 Å². The summed E-state index contributed by atoms with van der Waals surface area (Å²) in [5.41, 5.74) is 10.6. The van der Waals surface area contributed by atoms with Crippen molar-refractivity contribution in [3.63, 3.8) is 0 Å². The van der Waals surface area contributed by atoms with Crippen molar-refractivity contribution in [1.82, 2.24) is 4.98 Å².